The third kappa shape index (κ3) is 7.83. The van der Waals surface area contributed by atoms with Gasteiger partial charge in [-0.2, -0.15) is 0 Å². The van der Waals surface area contributed by atoms with Gasteiger partial charge in [0.15, 0.2) is 0 Å². The Hall–Kier alpha value is -2.49. The van der Waals surface area contributed by atoms with Gasteiger partial charge in [-0.1, -0.05) is 77.6 Å². The van der Waals surface area contributed by atoms with E-state index in [-0.39, 0.29) is 39.1 Å². The molecule has 0 heterocycles. The molecular weight excluding hydrogens is 616 g/mol. The van der Waals surface area contributed by atoms with E-state index in [9.17, 15) is 18.0 Å². The normalized spacial score (nSPS) is 12.9. The van der Waals surface area contributed by atoms with E-state index in [4.69, 9.17) is 46.4 Å². The van der Waals surface area contributed by atoms with Crippen molar-refractivity contribution in [2.24, 2.45) is 0 Å². The van der Waals surface area contributed by atoms with Crippen molar-refractivity contribution in [3.8, 4) is 0 Å². The largest absolute Gasteiger partial charge is 0.352 e. The van der Waals surface area contributed by atoms with Crippen LogP contribution in [0.15, 0.2) is 71.6 Å². The van der Waals surface area contributed by atoms with Crippen LogP contribution >= 0.6 is 46.4 Å². The number of halogens is 4. The second-order valence-corrected chi connectivity index (χ2v) is 12.7. The average molecular weight is 645 g/mol. The fourth-order valence-electron chi connectivity index (χ4n) is 3.77. The zero-order valence-electron chi connectivity index (χ0n) is 22.1. The zero-order valence-corrected chi connectivity index (χ0v) is 25.9. The number of benzene rings is 3. The van der Waals surface area contributed by atoms with E-state index in [1.165, 1.54) is 41.3 Å². The third-order valence-electron chi connectivity index (χ3n) is 6.33. The van der Waals surface area contributed by atoms with Crippen molar-refractivity contribution in [3.05, 3.63) is 92.4 Å². The maximum atomic E-state index is 14.0. The monoisotopic (exact) mass is 643 g/mol. The lowest BCUT2D eigenvalue weighted by atomic mass is 10.1. The maximum absolute atomic E-state index is 14.0. The highest BCUT2D eigenvalue weighted by atomic mass is 35.5. The molecule has 2 amide bonds. The number of amides is 2. The molecule has 0 aliphatic rings. The first-order valence-electron chi connectivity index (χ1n) is 12.4. The molecular formula is C28H29Cl4N3O4S. The van der Waals surface area contributed by atoms with E-state index < -0.39 is 28.5 Å². The van der Waals surface area contributed by atoms with Gasteiger partial charge in [-0.05, 0) is 68.3 Å². The summed E-state index contributed by atoms with van der Waals surface area (Å²) in [5.41, 5.74) is 0.669. The smallest absolute Gasteiger partial charge is 0.264 e. The first-order valence-corrected chi connectivity index (χ1v) is 15.4. The molecule has 0 aliphatic heterocycles. The van der Waals surface area contributed by atoms with Crippen molar-refractivity contribution in [2.75, 3.05) is 10.8 Å². The minimum Gasteiger partial charge on any atom is -0.352 e. The molecule has 0 saturated carbocycles. The molecule has 0 fully saturated rings. The third-order valence-corrected chi connectivity index (χ3v) is 9.44. The Bertz CT molecular complexity index is 1470. The quantitative estimate of drug-likeness (QED) is 0.248. The topological polar surface area (TPSA) is 86.8 Å². The summed E-state index contributed by atoms with van der Waals surface area (Å²) in [7, 11) is -4.23. The van der Waals surface area contributed by atoms with Crippen LogP contribution in [0, 0.1) is 0 Å². The highest BCUT2D eigenvalue weighted by molar-refractivity contribution is 7.92. The van der Waals surface area contributed by atoms with E-state index in [1.807, 2.05) is 13.8 Å². The minimum atomic E-state index is -4.23. The lowest BCUT2D eigenvalue weighted by Gasteiger charge is -2.32. The van der Waals surface area contributed by atoms with Crippen molar-refractivity contribution in [1.29, 1.82) is 0 Å². The molecule has 0 saturated heterocycles. The Kier molecular flexibility index (Phi) is 11.1. The van der Waals surface area contributed by atoms with Gasteiger partial charge in [0.1, 0.15) is 12.6 Å². The van der Waals surface area contributed by atoms with E-state index in [1.54, 1.807) is 37.3 Å². The average Bonchev–Trinajstić information content (AvgIpc) is 2.92. The fraction of sp³-hybridized carbons (Fsp3) is 0.286. The van der Waals surface area contributed by atoms with E-state index in [0.29, 0.717) is 22.0 Å². The summed E-state index contributed by atoms with van der Waals surface area (Å²) < 4.78 is 28.5. The Morgan fingerprint density at radius 1 is 0.875 bits per heavy atom. The highest BCUT2D eigenvalue weighted by Crippen LogP contribution is 2.31. The number of hydrogen-bond donors (Lipinski definition) is 1. The Balaban J connectivity index is 2.06. The number of carbonyl (C=O) groups is 2. The molecule has 7 nitrogen and oxygen atoms in total. The van der Waals surface area contributed by atoms with Gasteiger partial charge in [-0.25, -0.2) is 8.42 Å². The highest BCUT2D eigenvalue weighted by Gasteiger charge is 2.33. The number of carbonyl (C=O) groups excluding carboxylic acids is 2. The van der Waals surface area contributed by atoms with Gasteiger partial charge in [-0.15, -0.1) is 0 Å². The van der Waals surface area contributed by atoms with E-state index in [2.05, 4.69) is 5.32 Å². The lowest BCUT2D eigenvalue weighted by Crippen LogP contribution is -2.52. The Labute approximate surface area is 255 Å². The van der Waals surface area contributed by atoms with Gasteiger partial charge in [0, 0.05) is 22.6 Å². The molecule has 40 heavy (non-hydrogen) atoms. The summed E-state index contributed by atoms with van der Waals surface area (Å²) in [4.78, 5) is 28.3. The molecule has 0 aliphatic carbocycles. The first-order chi connectivity index (χ1) is 18.8. The minimum absolute atomic E-state index is 0.0243. The summed E-state index contributed by atoms with van der Waals surface area (Å²) >= 11 is 24.7. The lowest BCUT2D eigenvalue weighted by molar-refractivity contribution is -0.139. The second kappa shape index (κ2) is 13.9. The van der Waals surface area contributed by atoms with Crippen molar-refractivity contribution in [1.82, 2.24) is 10.2 Å². The first kappa shape index (κ1) is 32.0. The summed E-state index contributed by atoms with van der Waals surface area (Å²) in [6.07, 6.45) is 0.690. The summed E-state index contributed by atoms with van der Waals surface area (Å²) in [6.45, 7) is 4.67. The van der Waals surface area contributed by atoms with E-state index >= 15 is 0 Å². The van der Waals surface area contributed by atoms with Gasteiger partial charge < -0.3 is 10.2 Å². The van der Waals surface area contributed by atoms with Crippen LogP contribution in [0.2, 0.25) is 20.1 Å². The SMILES string of the molecule is CC[C@@H](C)NC(=O)[C@@H](C)N(Cc1ccc(Cl)cc1Cl)C(=O)CN(c1ccc(Cl)c(Cl)c1)S(=O)(=O)c1ccccc1. The molecule has 0 spiro atoms. The van der Waals surface area contributed by atoms with Crippen LogP contribution in [0.5, 0.6) is 0 Å². The maximum Gasteiger partial charge on any atom is 0.264 e. The molecule has 214 valence electrons. The van der Waals surface area contributed by atoms with Crippen LogP contribution in [0.25, 0.3) is 0 Å². The standard InChI is InChI=1S/C28H29Cl4N3O4S/c1-4-18(2)33-28(37)19(3)34(16-20-10-11-21(29)14-25(20)31)27(36)17-35(22-12-13-24(30)26(32)15-22)40(38,39)23-8-6-5-7-9-23/h5-15,18-19H,4,16-17H2,1-3H3,(H,33,37)/t18-,19-/m1/s1. The number of nitrogens with zero attached hydrogens (tertiary/aromatic N) is 2. The van der Waals surface area contributed by atoms with Crippen molar-refractivity contribution in [3.63, 3.8) is 0 Å². The number of hydrogen-bond acceptors (Lipinski definition) is 4. The molecule has 0 bridgehead atoms. The van der Waals surface area contributed by atoms with E-state index in [0.717, 1.165) is 4.31 Å². The molecule has 0 radical (unpaired) electrons. The van der Waals surface area contributed by atoms with Crippen LogP contribution in [-0.2, 0) is 26.2 Å². The van der Waals surface area contributed by atoms with Crippen LogP contribution in [0.4, 0.5) is 5.69 Å². The van der Waals surface area contributed by atoms with Gasteiger partial charge in [0.05, 0.1) is 20.6 Å². The molecule has 0 aromatic heterocycles. The van der Waals surface area contributed by atoms with Crippen molar-refractivity contribution >= 4 is 73.9 Å². The molecule has 2 atom stereocenters. The zero-order chi connectivity index (χ0) is 29.6. The summed E-state index contributed by atoms with van der Waals surface area (Å²) in [5, 5.41) is 3.93. The van der Waals surface area contributed by atoms with Gasteiger partial charge >= 0.3 is 0 Å². The van der Waals surface area contributed by atoms with Crippen molar-refractivity contribution < 1.29 is 18.0 Å². The predicted molar refractivity (Wildman–Crippen MR) is 162 cm³/mol. The second-order valence-electron chi connectivity index (χ2n) is 9.17. The fourth-order valence-corrected chi connectivity index (χ4v) is 5.96. The van der Waals surface area contributed by atoms with Gasteiger partial charge in [0.2, 0.25) is 11.8 Å². The van der Waals surface area contributed by atoms with Crippen molar-refractivity contribution in [2.45, 2.75) is 50.7 Å². The molecule has 12 heteroatoms. The number of sulfonamides is 1. The van der Waals surface area contributed by atoms with Gasteiger partial charge in [-0.3, -0.25) is 13.9 Å². The van der Waals surface area contributed by atoms with Crippen LogP contribution in [0.3, 0.4) is 0 Å². The van der Waals surface area contributed by atoms with Gasteiger partial charge in [0.25, 0.3) is 10.0 Å². The molecule has 3 aromatic carbocycles. The summed E-state index contributed by atoms with van der Waals surface area (Å²) in [6, 6.07) is 15.7. The predicted octanol–water partition coefficient (Wildman–Crippen LogP) is 6.83. The number of rotatable bonds is 11. The number of nitrogens with one attached hydrogen (secondary N) is 1. The Morgan fingerprint density at radius 3 is 2.15 bits per heavy atom. The number of anilines is 1. The molecule has 1 N–H and O–H groups in total. The van der Waals surface area contributed by atoms with Crippen LogP contribution in [0.1, 0.15) is 32.8 Å². The molecule has 3 aromatic rings. The van der Waals surface area contributed by atoms with Crippen LogP contribution in [-0.4, -0.2) is 43.8 Å². The summed E-state index contributed by atoms with van der Waals surface area (Å²) in [5.74, 6) is -1.02. The Morgan fingerprint density at radius 2 is 1.55 bits per heavy atom. The molecule has 0 unspecified atom stereocenters. The van der Waals surface area contributed by atoms with Crippen LogP contribution < -0.4 is 9.62 Å². The molecule has 3 rings (SSSR count).